The highest BCUT2D eigenvalue weighted by Gasteiger charge is 2.43. The third kappa shape index (κ3) is 3.55. The Hall–Kier alpha value is -1.09. The lowest BCUT2D eigenvalue weighted by molar-refractivity contribution is -0.181. The number of carbonyl (C=O) groups excluding carboxylic acids is 1. The number of hydrogen-bond donors (Lipinski definition) is 0. The van der Waals surface area contributed by atoms with E-state index in [0.717, 1.165) is 44.9 Å². The van der Waals surface area contributed by atoms with E-state index in [4.69, 9.17) is 9.47 Å². The molecule has 3 rings (SSSR count). The Balaban J connectivity index is 1.85. The van der Waals surface area contributed by atoms with E-state index >= 15 is 0 Å². The number of fused-ring (bicyclic) bond motifs is 3. The zero-order valence-electron chi connectivity index (χ0n) is 14.8. The summed E-state index contributed by atoms with van der Waals surface area (Å²) in [6.07, 6.45) is 10.6. The standard InChI is InChI=1S/C20H30O3/c1-14-7-5-9-19(3)10-6-11-20(4,23-19)12-8-16-15(2)18(21)22-17(16)13-14/h7,16-17H,2,5-6,8-13H2,1,3-4H3/b14-7+/t16-,17-,19?,20?/m0/s1. The molecule has 3 aliphatic rings. The molecule has 3 nitrogen and oxygen atoms in total. The van der Waals surface area contributed by atoms with Crippen LogP contribution in [-0.4, -0.2) is 23.3 Å². The molecule has 3 aliphatic heterocycles. The van der Waals surface area contributed by atoms with Crippen LogP contribution in [0.1, 0.15) is 72.1 Å². The largest absolute Gasteiger partial charge is 0.458 e. The molecular weight excluding hydrogens is 288 g/mol. The number of hydrogen-bond acceptors (Lipinski definition) is 3. The molecule has 3 heteroatoms. The number of ether oxygens (including phenoxy) is 2. The van der Waals surface area contributed by atoms with Crippen LogP contribution in [0.25, 0.3) is 0 Å². The number of allylic oxidation sites excluding steroid dienone is 1. The van der Waals surface area contributed by atoms with Crippen LogP contribution in [0.15, 0.2) is 23.8 Å². The van der Waals surface area contributed by atoms with Gasteiger partial charge in [-0.1, -0.05) is 18.2 Å². The first-order valence-corrected chi connectivity index (χ1v) is 9.06. The van der Waals surface area contributed by atoms with Crippen molar-refractivity contribution in [2.45, 2.75) is 89.4 Å². The van der Waals surface area contributed by atoms with Gasteiger partial charge in [-0.05, 0) is 65.7 Å². The van der Waals surface area contributed by atoms with Gasteiger partial charge in [0.1, 0.15) is 6.10 Å². The van der Waals surface area contributed by atoms with Crippen LogP contribution < -0.4 is 0 Å². The van der Waals surface area contributed by atoms with Gasteiger partial charge in [0.05, 0.1) is 11.2 Å². The molecule has 2 unspecified atom stereocenters. The van der Waals surface area contributed by atoms with Gasteiger partial charge in [0.2, 0.25) is 0 Å². The number of esters is 1. The van der Waals surface area contributed by atoms with Gasteiger partial charge in [0.15, 0.2) is 0 Å². The summed E-state index contributed by atoms with van der Waals surface area (Å²) in [4.78, 5) is 12.0. The van der Waals surface area contributed by atoms with Crippen molar-refractivity contribution in [2.24, 2.45) is 5.92 Å². The highest BCUT2D eigenvalue weighted by molar-refractivity contribution is 5.90. The lowest BCUT2D eigenvalue weighted by Gasteiger charge is -2.46. The van der Waals surface area contributed by atoms with Crippen molar-refractivity contribution in [3.05, 3.63) is 23.8 Å². The molecule has 2 fully saturated rings. The Kier molecular flexibility index (Phi) is 4.43. The Bertz CT molecular complexity index is 535. The van der Waals surface area contributed by atoms with Crippen LogP contribution in [0.4, 0.5) is 0 Å². The van der Waals surface area contributed by atoms with Gasteiger partial charge in [0.25, 0.3) is 0 Å². The van der Waals surface area contributed by atoms with E-state index in [0.29, 0.717) is 5.57 Å². The second kappa shape index (κ2) is 6.08. The summed E-state index contributed by atoms with van der Waals surface area (Å²) in [5.74, 6) is -0.0684. The molecule has 0 aromatic heterocycles. The third-order valence-electron chi connectivity index (χ3n) is 5.99. The molecule has 0 spiro atoms. The minimum absolute atomic E-state index is 0.0125. The van der Waals surface area contributed by atoms with Gasteiger partial charge in [-0.2, -0.15) is 0 Å². The van der Waals surface area contributed by atoms with Crippen LogP contribution >= 0.6 is 0 Å². The molecule has 0 N–H and O–H groups in total. The fourth-order valence-electron chi connectivity index (χ4n) is 4.59. The third-order valence-corrected chi connectivity index (χ3v) is 5.99. The van der Waals surface area contributed by atoms with Crippen LogP contribution in [0.5, 0.6) is 0 Å². The molecule has 0 radical (unpaired) electrons. The van der Waals surface area contributed by atoms with Gasteiger partial charge in [0, 0.05) is 17.9 Å². The first-order valence-electron chi connectivity index (χ1n) is 9.06. The SMILES string of the molecule is C=C1C(=O)O[C@H]2C/C(C)=C/CCC3(C)CCCC(C)(CC[C@@H]12)O3. The van der Waals surface area contributed by atoms with E-state index in [1.54, 1.807) is 0 Å². The zero-order chi connectivity index (χ0) is 16.7. The molecule has 0 aromatic rings. The second-order valence-corrected chi connectivity index (χ2v) is 8.26. The quantitative estimate of drug-likeness (QED) is 0.368. The minimum atomic E-state index is -0.206. The van der Waals surface area contributed by atoms with E-state index < -0.39 is 0 Å². The average Bonchev–Trinajstić information content (AvgIpc) is 2.70. The van der Waals surface area contributed by atoms with E-state index in [1.165, 1.54) is 12.0 Å². The summed E-state index contributed by atoms with van der Waals surface area (Å²) in [5.41, 5.74) is 1.87. The predicted octanol–water partition coefficient (Wildman–Crippen LogP) is 4.71. The molecule has 2 bridgehead atoms. The molecule has 23 heavy (non-hydrogen) atoms. The summed E-state index contributed by atoms with van der Waals surface area (Å²) in [7, 11) is 0. The van der Waals surface area contributed by atoms with Crippen molar-refractivity contribution in [1.82, 2.24) is 0 Å². The first kappa shape index (κ1) is 16.8. The van der Waals surface area contributed by atoms with Crippen molar-refractivity contribution in [3.8, 4) is 0 Å². The summed E-state index contributed by atoms with van der Waals surface area (Å²) < 4.78 is 12.2. The maximum absolute atomic E-state index is 12.0. The molecule has 3 heterocycles. The summed E-state index contributed by atoms with van der Waals surface area (Å²) in [6, 6.07) is 0. The molecule has 128 valence electrons. The smallest absolute Gasteiger partial charge is 0.334 e. The molecule has 0 aliphatic carbocycles. The average molecular weight is 318 g/mol. The lowest BCUT2D eigenvalue weighted by Crippen LogP contribution is -2.45. The Labute approximate surface area is 140 Å². The van der Waals surface area contributed by atoms with E-state index in [1.807, 2.05) is 0 Å². The molecule has 0 aromatic carbocycles. The van der Waals surface area contributed by atoms with Gasteiger partial charge < -0.3 is 9.47 Å². The maximum Gasteiger partial charge on any atom is 0.334 e. The Morgan fingerprint density at radius 3 is 2.61 bits per heavy atom. The van der Waals surface area contributed by atoms with Crippen molar-refractivity contribution >= 4 is 5.97 Å². The van der Waals surface area contributed by atoms with Crippen molar-refractivity contribution in [3.63, 3.8) is 0 Å². The van der Waals surface area contributed by atoms with Gasteiger partial charge in [-0.25, -0.2) is 4.79 Å². The predicted molar refractivity (Wildman–Crippen MR) is 91.1 cm³/mol. The summed E-state index contributed by atoms with van der Waals surface area (Å²) in [6.45, 7) is 10.6. The van der Waals surface area contributed by atoms with Crippen LogP contribution in [0.2, 0.25) is 0 Å². The topological polar surface area (TPSA) is 35.5 Å². The number of rotatable bonds is 0. The van der Waals surface area contributed by atoms with Crippen molar-refractivity contribution in [2.75, 3.05) is 0 Å². The minimum Gasteiger partial charge on any atom is -0.458 e. The number of carbonyl (C=O) groups is 1. The molecular formula is C20H30O3. The summed E-state index contributed by atoms with van der Waals surface area (Å²) >= 11 is 0. The van der Waals surface area contributed by atoms with Gasteiger partial charge in [-0.15, -0.1) is 0 Å². The van der Waals surface area contributed by atoms with Crippen LogP contribution in [0, 0.1) is 5.92 Å². The molecule has 0 saturated carbocycles. The maximum atomic E-state index is 12.0. The fourth-order valence-corrected chi connectivity index (χ4v) is 4.59. The molecule has 0 amide bonds. The van der Waals surface area contributed by atoms with E-state index in [-0.39, 0.29) is 29.2 Å². The van der Waals surface area contributed by atoms with E-state index in [2.05, 4.69) is 33.4 Å². The van der Waals surface area contributed by atoms with Crippen LogP contribution in [-0.2, 0) is 14.3 Å². The Morgan fingerprint density at radius 2 is 1.87 bits per heavy atom. The van der Waals surface area contributed by atoms with Gasteiger partial charge in [-0.3, -0.25) is 0 Å². The zero-order valence-corrected chi connectivity index (χ0v) is 14.8. The second-order valence-electron chi connectivity index (χ2n) is 8.26. The fraction of sp³-hybridized carbons (Fsp3) is 0.750. The lowest BCUT2D eigenvalue weighted by atomic mass is 9.78. The summed E-state index contributed by atoms with van der Waals surface area (Å²) in [5, 5.41) is 0. The van der Waals surface area contributed by atoms with E-state index in [9.17, 15) is 4.79 Å². The van der Waals surface area contributed by atoms with Gasteiger partial charge >= 0.3 is 5.97 Å². The highest BCUT2D eigenvalue weighted by atomic mass is 16.6. The van der Waals surface area contributed by atoms with Crippen molar-refractivity contribution < 1.29 is 14.3 Å². The normalized spacial score (nSPS) is 44.4. The molecule has 4 atom stereocenters. The van der Waals surface area contributed by atoms with Crippen LogP contribution in [0.3, 0.4) is 0 Å². The monoisotopic (exact) mass is 318 g/mol. The first-order chi connectivity index (χ1) is 10.8. The Morgan fingerprint density at radius 1 is 1.17 bits per heavy atom. The molecule has 2 saturated heterocycles. The van der Waals surface area contributed by atoms with Crippen molar-refractivity contribution in [1.29, 1.82) is 0 Å². The highest BCUT2D eigenvalue weighted by Crippen LogP contribution is 2.43.